The molecule has 0 saturated carbocycles. The zero-order valence-electron chi connectivity index (χ0n) is 11.8. The second-order valence-corrected chi connectivity index (χ2v) is 4.46. The highest BCUT2D eigenvalue weighted by Crippen LogP contribution is 2.27. The molecule has 0 heterocycles. The third-order valence-corrected chi connectivity index (χ3v) is 2.94. The smallest absolute Gasteiger partial charge is 0.161 e. The summed E-state index contributed by atoms with van der Waals surface area (Å²) >= 11 is 0. The van der Waals surface area contributed by atoms with Crippen LogP contribution < -0.4 is 9.47 Å². The normalized spacial score (nSPS) is 10.2. The Morgan fingerprint density at radius 3 is 2.30 bits per heavy atom. The summed E-state index contributed by atoms with van der Waals surface area (Å²) in [5.74, 6) is 1.04. The highest BCUT2D eigenvalue weighted by atomic mass is 16.5. The number of carbonyl (C=O) groups excluding carboxylic acids is 2. The topological polar surface area (TPSA) is 72.8 Å². The summed E-state index contributed by atoms with van der Waals surface area (Å²) in [5.41, 5.74) is 0.848. The first-order valence-electron chi connectivity index (χ1n) is 6.46. The molecule has 0 aliphatic heterocycles. The highest BCUT2D eigenvalue weighted by Gasteiger charge is 2.09. The summed E-state index contributed by atoms with van der Waals surface area (Å²) in [6.45, 7) is -0.454. The maximum Gasteiger partial charge on any atom is 0.161 e. The molecule has 1 N–H and O–H groups in total. The van der Waals surface area contributed by atoms with Gasteiger partial charge in [0.15, 0.2) is 17.3 Å². The molecule has 110 valence electrons. The predicted molar refractivity (Wildman–Crippen MR) is 74.2 cm³/mol. The Morgan fingerprint density at radius 2 is 1.70 bits per heavy atom. The van der Waals surface area contributed by atoms with Gasteiger partial charge in [0, 0.05) is 19.3 Å². The Bertz CT molecular complexity index is 467. The van der Waals surface area contributed by atoms with Gasteiger partial charge in [-0.1, -0.05) is 6.07 Å². The van der Waals surface area contributed by atoms with Crippen LogP contribution in [0.4, 0.5) is 0 Å². The molecule has 0 aliphatic rings. The molecule has 0 bridgehead atoms. The average Bonchev–Trinajstić information content (AvgIpc) is 2.46. The molecule has 0 atom stereocenters. The molecule has 0 aromatic heterocycles. The molecule has 0 spiro atoms. The largest absolute Gasteiger partial charge is 0.493 e. The van der Waals surface area contributed by atoms with Gasteiger partial charge in [0.25, 0.3) is 0 Å². The lowest BCUT2D eigenvalue weighted by Crippen LogP contribution is -2.07. The number of aliphatic hydroxyl groups is 1. The van der Waals surface area contributed by atoms with E-state index in [-0.39, 0.29) is 18.0 Å². The number of hydrogen-bond acceptors (Lipinski definition) is 5. The third kappa shape index (κ3) is 5.01. The van der Waals surface area contributed by atoms with Crippen LogP contribution in [-0.4, -0.2) is 37.5 Å². The van der Waals surface area contributed by atoms with Crippen molar-refractivity contribution < 1.29 is 24.2 Å². The predicted octanol–water partition coefficient (Wildman–Crippen LogP) is 1.55. The molecule has 5 nitrogen and oxygen atoms in total. The van der Waals surface area contributed by atoms with Crippen LogP contribution >= 0.6 is 0 Å². The maximum atomic E-state index is 11.8. The molecule has 0 fully saturated rings. The average molecular weight is 280 g/mol. The van der Waals surface area contributed by atoms with Gasteiger partial charge in [-0.3, -0.25) is 9.59 Å². The molecule has 0 unspecified atom stereocenters. The van der Waals surface area contributed by atoms with Gasteiger partial charge in [-0.15, -0.1) is 0 Å². The number of ketones is 2. The summed E-state index contributed by atoms with van der Waals surface area (Å²) in [6, 6.07) is 5.35. The van der Waals surface area contributed by atoms with Crippen molar-refractivity contribution in [2.45, 2.75) is 25.7 Å². The second-order valence-electron chi connectivity index (χ2n) is 4.46. The molecule has 0 radical (unpaired) electrons. The molecule has 0 amide bonds. The van der Waals surface area contributed by atoms with Crippen LogP contribution in [0.5, 0.6) is 11.5 Å². The van der Waals surface area contributed by atoms with E-state index in [0.29, 0.717) is 30.8 Å². The van der Waals surface area contributed by atoms with E-state index in [1.807, 2.05) is 6.07 Å². The van der Waals surface area contributed by atoms with Crippen molar-refractivity contribution in [1.29, 1.82) is 0 Å². The summed E-state index contributed by atoms with van der Waals surface area (Å²) in [4.78, 5) is 22.7. The quantitative estimate of drug-likeness (QED) is 0.743. The Labute approximate surface area is 118 Å². The number of methoxy groups -OCH3 is 2. The van der Waals surface area contributed by atoms with Crippen molar-refractivity contribution in [1.82, 2.24) is 0 Å². The van der Waals surface area contributed by atoms with E-state index >= 15 is 0 Å². The van der Waals surface area contributed by atoms with Gasteiger partial charge >= 0.3 is 0 Å². The van der Waals surface area contributed by atoms with E-state index in [1.54, 1.807) is 26.4 Å². The van der Waals surface area contributed by atoms with Crippen LogP contribution in [0.15, 0.2) is 18.2 Å². The van der Waals surface area contributed by atoms with E-state index in [1.165, 1.54) is 0 Å². The number of ether oxygens (including phenoxy) is 2. The lowest BCUT2D eigenvalue weighted by atomic mass is 10.0. The minimum absolute atomic E-state index is 0.0583. The lowest BCUT2D eigenvalue weighted by Gasteiger charge is -2.09. The fourth-order valence-corrected chi connectivity index (χ4v) is 1.87. The zero-order chi connectivity index (χ0) is 15.0. The van der Waals surface area contributed by atoms with Crippen LogP contribution in [0.2, 0.25) is 0 Å². The number of carbonyl (C=O) groups is 2. The number of benzene rings is 1. The number of aliphatic hydroxyl groups excluding tert-OH is 1. The zero-order valence-corrected chi connectivity index (χ0v) is 11.8. The number of hydrogen-bond donors (Lipinski definition) is 1. The number of Topliss-reactive ketones (excluding diaryl/α,β-unsaturated/α-hetero) is 2. The van der Waals surface area contributed by atoms with E-state index in [2.05, 4.69) is 0 Å². The van der Waals surface area contributed by atoms with Gasteiger partial charge in [0.2, 0.25) is 0 Å². The standard InChI is InChI=1S/C15H20O5/c1-19-14-7-6-11(9-15(14)20-2)8-12(17)4-3-5-13(18)10-16/h6-7,9,16H,3-5,8,10H2,1-2H3. The molecule has 0 aliphatic carbocycles. The molecular weight excluding hydrogens is 260 g/mol. The van der Waals surface area contributed by atoms with Crippen molar-refractivity contribution in [2.75, 3.05) is 20.8 Å². The molecule has 1 aromatic rings. The number of rotatable bonds is 9. The fraction of sp³-hybridized carbons (Fsp3) is 0.467. The summed E-state index contributed by atoms with van der Waals surface area (Å²) in [5, 5.41) is 8.58. The third-order valence-electron chi connectivity index (χ3n) is 2.94. The van der Waals surface area contributed by atoms with Crippen molar-refractivity contribution >= 4 is 11.6 Å². The first-order chi connectivity index (χ1) is 9.60. The van der Waals surface area contributed by atoms with Gasteiger partial charge in [-0.05, 0) is 24.1 Å². The first-order valence-corrected chi connectivity index (χ1v) is 6.46. The van der Waals surface area contributed by atoms with E-state index in [9.17, 15) is 9.59 Å². The van der Waals surface area contributed by atoms with Crippen molar-refractivity contribution in [3.63, 3.8) is 0 Å². The van der Waals surface area contributed by atoms with Crippen molar-refractivity contribution in [2.24, 2.45) is 0 Å². The van der Waals surface area contributed by atoms with Gasteiger partial charge in [0.05, 0.1) is 14.2 Å². The first kappa shape index (κ1) is 16.2. The summed E-state index contributed by atoms with van der Waals surface area (Å²) in [7, 11) is 3.10. The maximum absolute atomic E-state index is 11.8. The minimum Gasteiger partial charge on any atom is -0.493 e. The SMILES string of the molecule is COc1ccc(CC(=O)CCCC(=O)CO)cc1OC. The Kier molecular flexibility index (Phi) is 6.73. The van der Waals surface area contributed by atoms with Crippen LogP contribution in [0.1, 0.15) is 24.8 Å². The van der Waals surface area contributed by atoms with Crippen LogP contribution in [-0.2, 0) is 16.0 Å². The second kappa shape index (κ2) is 8.32. The van der Waals surface area contributed by atoms with Gasteiger partial charge < -0.3 is 14.6 Å². The fourth-order valence-electron chi connectivity index (χ4n) is 1.87. The monoisotopic (exact) mass is 280 g/mol. The molecule has 0 saturated heterocycles. The Morgan fingerprint density at radius 1 is 1.05 bits per heavy atom. The van der Waals surface area contributed by atoms with Crippen LogP contribution in [0.3, 0.4) is 0 Å². The lowest BCUT2D eigenvalue weighted by molar-refractivity contribution is -0.122. The van der Waals surface area contributed by atoms with E-state index in [0.717, 1.165) is 5.56 Å². The highest BCUT2D eigenvalue weighted by molar-refractivity contribution is 5.83. The molecule has 1 rings (SSSR count). The van der Waals surface area contributed by atoms with E-state index in [4.69, 9.17) is 14.6 Å². The Hall–Kier alpha value is -1.88. The van der Waals surface area contributed by atoms with Crippen molar-refractivity contribution in [3.05, 3.63) is 23.8 Å². The van der Waals surface area contributed by atoms with Gasteiger partial charge in [-0.25, -0.2) is 0 Å². The molecule has 5 heteroatoms. The van der Waals surface area contributed by atoms with Crippen LogP contribution in [0, 0.1) is 0 Å². The summed E-state index contributed by atoms with van der Waals surface area (Å²) < 4.78 is 10.3. The van der Waals surface area contributed by atoms with Gasteiger partial charge in [0.1, 0.15) is 12.4 Å². The van der Waals surface area contributed by atoms with Crippen molar-refractivity contribution in [3.8, 4) is 11.5 Å². The summed E-state index contributed by atoms with van der Waals surface area (Å²) in [6.07, 6.45) is 1.35. The molecule has 1 aromatic carbocycles. The van der Waals surface area contributed by atoms with E-state index < -0.39 is 6.61 Å². The van der Waals surface area contributed by atoms with Crippen LogP contribution in [0.25, 0.3) is 0 Å². The molecule has 20 heavy (non-hydrogen) atoms. The minimum atomic E-state index is -0.454. The molecular formula is C15H20O5. The van der Waals surface area contributed by atoms with Gasteiger partial charge in [-0.2, -0.15) is 0 Å². The Balaban J connectivity index is 2.51.